The number of alkyl carbamates (subject to hydrolysis) is 1. The summed E-state index contributed by atoms with van der Waals surface area (Å²) in [6.07, 6.45) is 0.403. The minimum absolute atomic E-state index is 0.0737. The zero-order chi connectivity index (χ0) is 14.5. The number of benzene rings is 1. The number of nitrogens with one attached hydrogen (secondary N) is 2. The topological polar surface area (TPSA) is 62.7 Å². The lowest BCUT2D eigenvalue weighted by Gasteiger charge is -2.22. The average Bonchev–Trinajstić information content (AvgIpc) is 2.47. The van der Waals surface area contributed by atoms with Crippen molar-refractivity contribution in [3.63, 3.8) is 0 Å². The molecule has 20 heavy (non-hydrogen) atoms. The van der Waals surface area contributed by atoms with Crippen LogP contribution in [0.5, 0.6) is 0 Å². The molecule has 1 heterocycles. The highest BCUT2D eigenvalue weighted by Crippen LogP contribution is 2.24. The van der Waals surface area contributed by atoms with E-state index < -0.39 is 6.09 Å². The van der Waals surface area contributed by atoms with Crippen LogP contribution in [0, 0.1) is 0 Å². The zero-order valence-electron chi connectivity index (χ0n) is 12.1. The first-order chi connectivity index (χ1) is 9.60. The third kappa shape index (κ3) is 3.50. The molecule has 1 unspecified atom stereocenters. The molecular weight excluding hydrogens is 254 g/mol. The first kappa shape index (κ1) is 14.4. The molecule has 1 aliphatic rings. The summed E-state index contributed by atoms with van der Waals surface area (Å²) in [5.74, 6) is 0.998. The van der Waals surface area contributed by atoms with Crippen molar-refractivity contribution in [3.05, 3.63) is 35.4 Å². The van der Waals surface area contributed by atoms with Gasteiger partial charge in [0.1, 0.15) is 0 Å². The van der Waals surface area contributed by atoms with E-state index in [-0.39, 0.29) is 6.04 Å². The second kappa shape index (κ2) is 6.41. The maximum Gasteiger partial charge on any atom is 0.413 e. The molecule has 1 atom stereocenters. The molecule has 1 aromatic carbocycles. The van der Waals surface area contributed by atoms with Gasteiger partial charge >= 0.3 is 6.09 Å². The predicted octanol–water partition coefficient (Wildman–Crippen LogP) is 2.56. The minimum atomic E-state index is -0.507. The number of hydrogen-bond donors (Lipinski definition) is 2. The van der Waals surface area contributed by atoms with Crippen LogP contribution in [0.25, 0.3) is 0 Å². The molecule has 0 saturated carbocycles. The highest BCUT2D eigenvalue weighted by Gasteiger charge is 2.18. The van der Waals surface area contributed by atoms with Crippen molar-refractivity contribution in [2.24, 2.45) is 4.99 Å². The van der Waals surface area contributed by atoms with Crippen LogP contribution in [0.1, 0.15) is 43.4 Å². The van der Waals surface area contributed by atoms with Crippen molar-refractivity contribution in [1.29, 1.82) is 0 Å². The number of hydrogen-bond acceptors (Lipinski definition) is 4. The van der Waals surface area contributed by atoms with Gasteiger partial charge in [-0.3, -0.25) is 5.32 Å². The number of rotatable bonds is 2. The molecule has 0 aromatic heterocycles. The summed E-state index contributed by atoms with van der Waals surface area (Å²) in [5.41, 5.74) is 2.49. The molecular formula is C15H21N3O2. The molecule has 0 spiro atoms. The first-order valence-corrected chi connectivity index (χ1v) is 6.86. The van der Waals surface area contributed by atoms with Crippen molar-refractivity contribution in [1.82, 2.24) is 10.6 Å². The Bertz CT molecular complexity index is 494. The number of guanidine groups is 1. The fraction of sp³-hybridized carbons (Fsp3) is 0.467. The smallest absolute Gasteiger partial charge is 0.413 e. The molecule has 1 aliphatic heterocycles. The Hall–Kier alpha value is -2.04. The van der Waals surface area contributed by atoms with Crippen molar-refractivity contribution in [2.75, 3.05) is 13.7 Å². The van der Waals surface area contributed by atoms with E-state index in [4.69, 9.17) is 0 Å². The fourth-order valence-corrected chi connectivity index (χ4v) is 2.16. The van der Waals surface area contributed by atoms with Gasteiger partial charge < -0.3 is 10.1 Å². The minimum Gasteiger partial charge on any atom is -0.453 e. The van der Waals surface area contributed by atoms with E-state index in [1.165, 1.54) is 18.2 Å². The molecule has 5 heteroatoms. The number of amides is 1. The number of ether oxygens (including phenoxy) is 1. The third-order valence-electron chi connectivity index (χ3n) is 3.39. The van der Waals surface area contributed by atoms with Gasteiger partial charge in [-0.15, -0.1) is 0 Å². The van der Waals surface area contributed by atoms with Gasteiger partial charge in [0.15, 0.2) is 0 Å². The Morgan fingerprint density at radius 2 is 2.10 bits per heavy atom. The standard InChI is InChI=1S/C15H21N3O2/c1-10(2)11-4-6-12(7-5-11)13-8-9-16-14(17-13)18-15(19)20-3/h4-7,10,13H,8-9H2,1-3H3,(H2,16,17,18,19). The number of nitrogens with zero attached hydrogens (tertiary/aromatic N) is 1. The highest BCUT2D eigenvalue weighted by molar-refractivity contribution is 5.94. The van der Waals surface area contributed by atoms with E-state index in [9.17, 15) is 4.79 Å². The second-order valence-electron chi connectivity index (χ2n) is 5.15. The average molecular weight is 275 g/mol. The maximum absolute atomic E-state index is 11.2. The SMILES string of the molecule is COC(=O)NC1=NC(c2ccc(C(C)C)cc2)CCN1. The van der Waals surface area contributed by atoms with Crippen LogP contribution in [0.2, 0.25) is 0 Å². The Balaban J connectivity index is 2.11. The summed E-state index contributed by atoms with van der Waals surface area (Å²) in [5, 5.41) is 5.63. The molecule has 0 bridgehead atoms. The predicted molar refractivity (Wildman–Crippen MR) is 78.9 cm³/mol. The normalized spacial score (nSPS) is 18.2. The van der Waals surface area contributed by atoms with Gasteiger partial charge in [-0.1, -0.05) is 38.1 Å². The van der Waals surface area contributed by atoms with Gasteiger partial charge in [0.05, 0.1) is 13.2 Å². The Morgan fingerprint density at radius 1 is 1.40 bits per heavy atom. The lowest BCUT2D eigenvalue weighted by Crippen LogP contribution is -2.44. The Labute approximate surface area is 119 Å². The van der Waals surface area contributed by atoms with E-state index in [0.717, 1.165) is 13.0 Å². The maximum atomic E-state index is 11.2. The Morgan fingerprint density at radius 3 is 2.70 bits per heavy atom. The molecule has 0 saturated heterocycles. The van der Waals surface area contributed by atoms with Crippen LogP contribution in [-0.2, 0) is 4.74 Å². The summed E-state index contributed by atoms with van der Waals surface area (Å²) in [4.78, 5) is 15.7. The molecule has 0 radical (unpaired) electrons. The number of carbonyl (C=O) groups is 1. The highest BCUT2D eigenvalue weighted by atomic mass is 16.5. The van der Waals surface area contributed by atoms with Gasteiger partial charge in [0.25, 0.3) is 0 Å². The van der Waals surface area contributed by atoms with Crippen LogP contribution in [0.4, 0.5) is 4.79 Å². The van der Waals surface area contributed by atoms with Gasteiger partial charge in [-0.2, -0.15) is 0 Å². The van der Waals surface area contributed by atoms with E-state index >= 15 is 0 Å². The molecule has 5 nitrogen and oxygen atoms in total. The number of carbonyl (C=O) groups excluding carboxylic acids is 1. The third-order valence-corrected chi connectivity index (χ3v) is 3.39. The van der Waals surface area contributed by atoms with E-state index in [0.29, 0.717) is 11.9 Å². The van der Waals surface area contributed by atoms with Crippen LogP contribution in [0.3, 0.4) is 0 Å². The van der Waals surface area contributed by atoms with Crippen LogP contribution >= 0.6 is 0 Å². The van der Waals surface area contributed by atoms with Crippen LogP contribution < -0.4 is 10.6 Å². The van der Waals surface area contributed by atoms with Crippen molar-refractivity contribution >= 4 is 12.1 Å². The molecule has 2 N–H and O–H groups in total. The summed E-state index contributed by atoms with van der Waals surface area (Å²) >= 11 is 0. The van der Waals surface area contributed by atoms with Crippen molar-refractivity contribution < 1.29 is 9.53 Å². The lowest BCUT2D eigenvalue weighted by molar-refractivity contribution is 0.176. The molecule has 2 rings (SSSR count). The van der Waals surface area contributed by atoms with E-state index in [1.807, 2.05) is 0 Å². The number of methoxy groups -OCH3 is 1. The van der Waals surface area contributed by atoms with Gasteiger partial charge in [-0.05, 0) is 23.5 Å². The largest absolute Gasteiger partial charge is 0.453 e. The molecule has 108 valence electrons. The fourth-order valence-electron chi connectivity index (χ4n) is 2.16. The molecule has 1 aromatic rings. The number of aliphatic imine (C=N–C) groups is 1. The van der Waals surface area contributed by atoms with Gasteiger partial charge in [0, 0.05) is 6.54 Å². The van der Waals surface area contributed by atoms with E-state index in [1.54, 1.807) is 0 Å². The summed E-state index contributed by atoms with van der Waals surface area (Å²) in [6, 6.07) is 8.59. The van der Waals surface area contributed by atoms with Crippen molar-refractivity contribution in [2.45, 2.75) is 32.2 Å². The molecule has 0 fully saturated rings. The summed E-state index contributed by atoms with van der Waals surface area (Å²) in [7, 11) is 1.33. The Kier molecular flexibility index (Phi) is 4.61. The summed E-state index contributed by atoms with van der Waals surface area (Å²) in [6.45, 7) is 5.13. The zero-order valence-corrected chi connectivity index (χ0v) is 12.1. The van der Waals surface area contributed by atoms with E-state index in [2.05, 4.69) is 58.5 Å². The van der Waals surface area contributed by atoms with Gasteiger partial charge in [0.2, 0.25) is 5.96 Å². The van der Waals surface area contributed by atoms with Gasteiger partial charge in [-0.25, -0.2) is 9.79 Å². The monoisotopic (exact) mass is 275 g/mol. The molecule has 0 aliphatic carbocycles. The van der Waals surface area contributed by atoms with Crippen LogP contribution in [-0.4, -0.2) is 25.7 Å². The van der Waals surface area contributed by atoms with Crippen molar-refractivity contribution in [3.8, 4) is 0 Å². The second-order valence-corrected chi connectivity index (χ2v) is 5.15. The first-order valence-electron chi connectivity index (χ1n) is 6.86. The molecule has 1 amide bonds. The summed E-state index contributed by atoms with van der Waals surface area (Å²) < 4.78 is 4.57. The lowest BCUT2D eigenvalue weighted by atomic mass is 9.97. The van der Waals surface area contributed by atoms with Crippen LogP contribution in [0.15, 0.2) is 29.3 Å². The quantitative estimate of drug-likeness (QED) is 0.872.